The van der Waals surface area contributed by atoms with Crippen LogP contribution in [0.2, 0.25) is 0 Å². The van der Waals surface area contributed by atoms with E-state index in [1.165, 1.54) is 36.1 Å². The highest BCUT2D eigenvalue weighted by atomic mass is 16.5. The van der Waals surface area contributed by atoms with Gasteiger partial charge in [-0.1, -0.05) is 24.3 Å². The van der Waals surface area contributed by atoms with Crippen molar-refractivity contribution in [2.24, 2.45) is 11.8 Å². The molecule has 4 aliphatic rings. The minimum Gasteiger partial charge on any atom is -0.381 e. The normalized spacial score (nSPS) is 30.5. The number of likely N-dealkylation sites (tertiary alicyclic amines) is 1. The molecule has 2 aromatic heterocycles. The Morgan fingerprint density at radius 2 is 1.87 bits per heavy atom. The van der Waals surface area contributed by atoms with E-state index in [1.807, 2.05) is 0 Å². The van der Waals surface area contributed by atoms with Gasteiger partial charge in [0.15, 0.2) is 0 Å². The van der Waals surface area contributed by atoms with Gasteiger partial charge < -0.3 is 15.0 Å². The molecule has 160 valence electrons. The van der Waals surface area contributed by atoms with Gasteiger partial charge >= 0.3 is 0 Å². The minimum absolute atomic E-state index is 0.238. The second-order valence-electron chi connectivity index (χ2n) is 9.92. The summed E-state index contributed by atoms with van der Waals surface area (Å²) in [5.74, 6) is 3.04. The largest absolute Gasteiger partial charge is 0.381 e. The van der Waals surface area contributed by atoms with Crippen molar-refractivity contribution in [3.8, 4) is 0 Å². The summed E-state index contributed by atoms with van der Waals surface area (Å²) in [4.78, 5) is 15.5. The fourth-order valence-electron chi connectivity index (χ4n) is 6.14. The average Bonchev–Trinajstić information content (AvgIpc) is 3.20. The molecule has 0 unspecified atom stereocenters. The first-order valence-corrected chi connectivity index (χ1v) is 11.8. The molecule has 0 amide bonds. The van der Waals surface area contributed by atoms with Crippen LogP contribution in [0.5, 0.6) is 0 Å². The van der Waals surface area contributed by atoms with Crippen LogP contribution >= 0.6 is 0 Å². The van der Waals surface area contributed by atoms with E-state index in [1.54, 1.807) is 6.33 Å². The second kappa shape index (κ2) is 7.04. The highest BCUT2D eigenvalue weighted by Gasteiger charge is 2.43. The molecule has 2 saturated heterocycles. The van der Waals surface area contributed by atoms with Crippen LogP contribution < -0.4 is 5.32 Å². The van der Waals surface area contributed by atoms with Gasteiger partial charge in [-0.3, -0.25) is 4.90 Å². The number of benzene rings is 1. The maximum absolute atomic E-state index is 5.74. The standard InChI is InChI=1S/C25H29N5O/c1-2-4-19-15(3-1)7-8-22(30-10-17-12-31-13-18(17)11-30)23(19)29-25-20-9-21(16-5-6-16)28-24(20)26-14-27-25/h1-4,9,14,16-18,22-23H,5-8,10-13H2,(H2,26,27,28,29)/t17-,18-,22+,23+/m0/s1. The van der Waals surface area contributed by atoms with Gasteiger partial charge in [-0.05, 0) is 48.8 Å². The highest BCUT2D eigenvalue weighted by Crippen LogP contribution is 2.43. The third-order valence-corrected chi connectivity index (χ3v) is 7.98. The molecule has 3 aromatic rings. The van der Waals surface area contributed by atoms with Crippen LogP contribution in [-0.4, -0.2) is 52.2 Å². The maximum Gasteiger partial charge on any atom is 0.143 e. The van der Waals surface area contributed by atoms with E-state index in [2.05, 4.69) is 50.5 Å². The molecule has 3 fully saturated rings. The number of rotatable bonds is 4. The van der Waals surface area contributed by atoms with Gasteiger partial charge in [-0.25, -0.2) is 9.97 Å². The molecular weight excluding hydrogens is 386 g/mol. The first-order chi connectivity index (χ1) is 15.3. The number of aryl methyl sites for hydroxylation is 1. The molecule has 4 heterocycles. The molecule has 7 rings (SSSR count). The van der Waals surface area contributed by atoms with Gasteiger partial charge in [0.2, 0.25) is 0 Å². The number of hydrogen-bond donors (Lipinski definition) is 2. The molecule has 6 nitrogen and oxygen atoms in total. The number of aromatic amines is 1. The van der Waals surface area contributed by atoms with E-state index in [9.17, 15) is 0 Å². The summed E-state index contributed by atoms with van der Waals surface area (Å²) in [6, 6.07) is 11.9. The fraction of sp³-hybridized carbons (Fsp3) is 0.520. The number of fused-ring (bicyclic) bond motifs is 3. The van der Waals surface area contributed by atoms with E-state index >= 15 is 0 Å². The Morgan fingerprint density at radius 3 is 2.71 bits per heavy atom. The monoisotopic (exact) mass is 415 g/mol. The number of anilines is 1. The van der Waals surface area contributed by atoms with E-state index in [-0.39, 0.29) is 6.04 Å². The summed E-state index contributed by atoms with van der Waals surface area (Å²) in [6.45, 7) is 4.18. The van der Waals surface area contributed by atoms with Crippen molar-refractivity contribution in [2.45, 2.75) is 43.7 Å². The SMILES string of the molecule is c1ccc2c(c1)CC[C@@H](N1C[C@H]3COC[C@@H]3C1)[C@@H]2Nc1ncnc2[nH]c(C3CC3)cc12. The lowest BCUT2D eigenvalue weighted by atomic mass is 9.83. The zero-order valence-electron chi connectivity index (χ0n) is 17.8. The van der Waals surface area contributed by atoms with Crippen molar-refractivity contribution >= 4 is 16.9 Å². The number of nitrogens with zero attached hydrogens (tertiary/aromatic N) is 3. The predicted molar refractivity (Wildman–Crippen MR) is 120 cm³/mol. The lowest BCUT2D eigenvalue weighted by Gasteiger charge is -2.40. The molecule has 0 radical (unpaired) electrons. The van der Waals surface area contributed by atoms with Gasteiger partial charge in [-0.2, -0.15) is 0 Å². The van der Waals surface area contributed by atoms with Crippen LogP contribution in [0, 0.1) is 11.8 Å². The maximum atomic E-state index is 5.74. The Kier molecular flexibility index (Phi) is 4.12. The number of ether oxygens (including phenoxy) is 1. The average molecular weight is 416 g/mol. The number of nitrogens with one attached hydrogen (secondary N) is 2. The van der Waals surface area contributed by atoms with E-state index in [0.29, 0.717) is 23.8 Å². The second-order valence-corrected chi connectivity index (χ2v) is 9.92. The smallest absolute Gasteiger partial charge is 0.143 e. The molecule has 2 N–H and O–H groups in total. The Morgan fingerprint density at radius 1 is 1.03 bits per heavy atom. The molecule has 0 bridgehead atoms. The molecule has 1 saturated carbocycles. The molecule has 0 spiro atoms. The zero-order chi connectivity index (χ0) is 20.4. The summed E-state index contributed by atoms with van der Waals surface area (Å²) in [7, 11) is 0. The molecule has 1 aromatic carbocycles. The van der Waals surface area contributed by atoms with Crippen LogP contribution in [0.1, 0.15) is 48.0 Å². The van der Waals surface area contributed by atoms with Crippen LogP contribution in [0.3, 0.4) is 0 Å². The van der Waals surface area contributed by atoms with Crippen molar-refractivity contribution in [2.75, 3.05) is 31.6 Å². The summed E-state index contributed by atoms with van der Waals surface area (Å²) in [5, 5.41) is 5.02. The number of aromatic nitrogens is 3. The summed E-state index contributed by atoms with van der Waals surface area (Å²) >= 11 is 0. The molecule has 31 heavy (non-hydrogen) atoms. The molecule has 6 heteroatoms. The summed E-state index contributed by atoms with van der Waals surface area (Å²) < 4.78 is 5.74. The zero-order valence-corrected chi connectivity index (χ0v) is 17.8. The Hall–Kier alpha value is -2.44. The van der Waals surface area contributed by atoms with Crippen LogP contribution in [-0.2, 0) is 11.2 Å². The number of hydrogen-bond acceptors (Lipinski definition) is 5. The third-order valence-electron chi connectivity index (χ3n) is 7.98. The van der Waals surface area contributed by atoms with Crippen LogP contribution in [0.15, 0.2) is 36.7 Å². The van der Waals surface area contributed by atoms with Gasteiger partial charge in [0.1, 0.15) is 17.8 Å². The first-order valence-electron chi connectivity index (χ1n) is 11.8. The first kappa shape index (κ1) is 18.2. The lowest BCUT2D eigenvalue weighted by molar-refractivity contribution is 0.127. The summed E-state index contributed by atoms with van der Waals surface area (Å²) in [5.41, 5.74) is 5.16. The highest BCUT2D eigenvalue weighted by molar-refractivity contribution is 5.88. The quantitative estimate of drug-likeness (QED) is 0.677. The van der Waals surface area contributed by atoms with Crippen LogP contribution in [0.4, 0.5) is 5.82 Å². The topological polar surface area (TPSA) is 66.1 Å². The Bertz CT molecular complexity index is 1110. The Balaban J connectivity index is 1.25. The fourth-order valence-corrected chi connectivity index (χ4v) is 6.14. The third kappa shape index (κ3) is 3.07. The van der Waals surface area contributed by atoms with Crippen molar-refractivity contribution in [3.63, 3.8) is 0 Å². The van der Waals surface area contributed by atoms with Gasteiger partial charge in [0.05, 0.1) is 24.6 Å². The van der Waals surface area contributed by atoms with Gasteiger partial charge in [0.25, 0.3) is 0 Å². The van der Waals surface area contributed by atoms with E-state index < -0.39 is 0 Å². The lowest BCUT2D eigenvalue weighted by Crippen LogP contribution is -2.44. The molecule has 2 aliphatic carbocycles. The van der Waals surface area contributed by atoms with Crippen molar-refractivity contribution in [1.82, 2.24) is 19.9 Å². The van der Waals surface area contributed by atoms with Gasteiger partial charge in [-0.15, -0.1) is 0 Å². The van der Waals surface area contributed by atoms with Crippen molar-refractivity contribution in [1.29, 1.82) is 0 Å². The molecule has 2 aliphatic heterocycles. The summed E-state index contributed by atoms with van der Waals surface area (Å²) in [6.07, 6.45) is 6.59. The van der Waals surface area contributed by atoms with E-state index in [0.717, 1.165) is 49.6 Å². The van der Waals surface area contributed by atoms with E-state index in [4.69, 9.17) is 9.72 Å². The number of H-pyrrole nitrogens is 1. The van der Waals surface area contributed by atoms with Gasteiger partial charge in [0, 0.05) is 36.7 Å². The van der Waals surface area contributed by atoms with Crippen molar-refractivity contribution < 1.29 is 4.74 Å². The molecule has 4 atom stereocenters. The minimum atomic E-state index is 0.238. The Labute approximate surface area is 182 Å². The van der Waals surface area contributed by atoms with Crippen LogP contribution in [0.25, 0.3) is 11.0 Å². The predicted octanol–water partition coefficient (Wildman–Crippen LogP) is 3.88. The molecular formula is C25H29N5O. The van der Waals surface area contributed by atoms with Crippen molar-refractivity contribution in [3.05, 3.63) is 53.5 Å².